The van der Waals surface area contributed by atoms with Crippen LogP contribution in [0.5, 0.6) is 0 Å². The minimum absolute atomic E-state index is 0.333. The molecule has 0 spiro atoms. The molecule has 1 saturated heterocycles. The summed E-state index contributed by atoms with van der Waals surface area (Å²) in [4.78, 5) is 3.44. The van der Waals surface area contributed by atoms with E-state index in [0.717, 1.165) is 24.4 Å². The Morgan fingerprint density at radius 3 is 2.94 bits per heavy atom. The minimum Gasteiger partial charge on any atom is -0.326 e. The number of hydrogen-bond donors (Lipinski definition) is 2. The Labute approximate surface area is 112 Å². The molecule has 1 aromatic rings. The lowest BCUT2D eigenvalue weighted by atomic mass is 10.1. The van der Waals surface area contributed by atoms with E-state index < -0.39 is 10.0 Å². The highest BCUT2D eigenvalue weighted by atomic mass is 32.2. The van der Waals surface area contributed by atoms with Gasteiger partial charge in [-0.3, -0.25) is 0 Å². The highest BCUT2D eigenvalue weighted by molar-refractivity contribution is 7.89. The van der Waals surface area contributed by atoms with Gasteiger partial charge in [0.1, 0.15) is 0 Å². The van der Waals surface area contributed by atoms with Crippen molar-refractivity contribution in [2.24, 2.45) is 11.7 Å². The summed E-state index contributed by atoms with van der Waals surface area (Å²) < 4.78 is 26.8. The van der Waals surface area contributed by atoms with Gasteiger partial charge in [-0.05, 0) is 32.0 Å². The van der Waals surface area contributed by atoms with E-state index in [-0.39, 0.29) is 0 Å². The summed E-state index contributed by atoms with van der Waals surface area (Å²) in [7, 11) is -1.31. The fourth-order valence-corrected chi connectivity index (χ4v) is 4.38. The molecule has 1 aromatic heterocycles. The normalized spacial score (nSPS) is 21.6. The van der Waals surface area contributed by atoms with Crippen LogP contribution in [0, 0.1) is 5.92 Å². The van der Waals surface area contributed by atoms with Gasteiger partial charge in [0.15, 0.2) is 0 Å². The topological polar surface area (TPSA) is 75.4 Å². The van der Waals surface area contributed by atoms with E-state index in [0.29, 0.717) is 23.9 Å². The first kappa shape index (κ1) is 14.0. The minimum atomic E-state index is -3.37. The van der Waals surface area contributed by atoms with E-state index in [1.807, 2.05) is 0 Å². The van der Waals surface area contributed by atoms with Crippen molar-refractivity contribution in [1.29, 1.82) is 0 Å². The quantitative estimate of drug-likeness (QED) is 0.824. The first-order chi connectivity index (χ1) is 8.51. The molecular formula is C11H19N3O2S2. The maximum absolute atomic E-state index is 12.0. The largest absolute Gasteiger partial charge is 0.326 e. The average molecular weight is 289 g/mol. The second-order valence-corrected chi connectivity index (χ2v) is 7.48. The van der Waals surface area contributed by atoms with Gasteiger partial charge in [-0.1, -0.05) is 0 Å². The van der Waals surface area contributed by atoms with Crippen LogP contribution in [0.25, 0.3) is 0 Å². The summed E-state index contributed by atoms with van der Waals surface area (Å²) in [5, 5.41) is 1.64. The first-order valence-electron chi connectivity index (χ1n) is 5.97. The number of sulfonamides is 1. The van der Waals surface area contributed by atoms with Crippen LogP contribution in [0.2, 0.25) is 0 Å². The third-order valence-electron chi connectivity index (χ3n) is 3.19. The average Bonchev–Trinajstić information content (AvgIpc) is 2.95. The lowest BCUT2D eigenvalue weighted by Gasteiger charge is -2.11. The molecule has 18 heavy (non-hydrogen) atoms. The van der Waals surface area contributed by atoms with Gasteiger partial charge in [-0.15, -0.1) is 11.3 Å². The molecule has 2 rings (SSSR count). The SMILES string of the molecule is CN1CCC(CNS(=O)(=O)c2csc(CN)c2)C1. The van der Waals surface area contributed by atoms with Gasteiger partial charge >= 0.3 is 0 Å². The highest BCUT2D eigenvalue weighted by Crippen LogP contribution is 2.19. The Morgan fingerprint density at radius 2 is 2.39 bits per heavy atom. The smallest absolute Gasteiger partial charge is 0.241 e. The number of hydrogen-bond acceptors (Lipinski definition) is 5. The van der Waals surface area contributed by atoms with Crippen LogP contribution in [-0.4, -0.2) is 40.0 Å². The number of nitrogens with one attached hydrogen (secondary N) is 1. The Balaban J connectivity index is 1.95. The number of rotatable bonds is 5. The summed E-state index contributed by atoms with van der Waals surface area (Å²) in [5.41, 5.74) is 5.48. The lowest BCUT2D eigenvalue weighted by Crippen LogP contribution is -2.30. The number of likely N-dealkylation sites (tertiary alicyclic amines) is 1. The molecule has 102 valence electrons. The summed E-state index contributed by atoms with van der Waals surface area (Å²) in [6, 6.07) is 1.65. The third kappa shape index (κ3) is 3.30. The molecule has 7 heteroatoms. The molecule has 1 aliphatic rings. The zero-order chi connectivity index (χ0) is 13.2. The Morgan fingerprint density at radius 1 is 1.61 bits per heavy atom. The van der Waals surface area contributed by atoms with E-state index in [2.05, 4.69) is 16.7 Å². The van der Waals surface area contributed by atoms with E-state index >= 15 is 0 Å². The summed E-state index contributed by atoms with van der Waals surface area (Å²) >= 11 is 1.38. The van der Waals surface area contributed by atoms with Crippen molar-refractivity contribution in [3.05, 3.63) is 16.3 Å². The molecule has 2 heterocycles. The predicted molar refractivity (Wildman–Crippen MR) is 73.0 cm³/mol. The van der Waals surface area contributed by atoms with Crippen LogP contribution in [0.3, 0.4) is 0 Å². The third-order valence-corrected chi connectivity index (χ3v) is 5.70. The Hall–Kier alpha value is -0.470. The van der Waals surface area contributed by atoms with Crippen LogP contribution in [0.4, 0.5) is 0 Å². The van der Waals surface area contributed by atoms with Gasteiger partial charge in [0, 0.05) is 29.9 Å². The van der Waals surface area contributed by atoms with Gasteiger partial charge in [-0.25, -0.2) is 13.1 Å². The van der Waals surface area contributed by atoms with Gasteiger partial charge in [0.2, 0.25) is 10.0 Å². The molecule has 0 aromatic carbocycles. The number of nitrogens with zero attached hydrogens (tertiary/aromatic N) is 1. The molecule has 0 aliphatic carbocycles. The zero-order valence-electron chi connectivity index (χ0n) is 10.4. The van der Waals surface area contributed by atoms with Crippen molar-refractivity contribution in [3.8, 4) is 0 Å². The highest BCUT2D eigenvalue weighted by Gasteiger charge is 2.22. The second-order valence-electron chi connectivity index (χ2n) is 4.72. The predicted octanol–water partition coefficient (Wildman–Crippen LogP) is 0.437. The molecule has 1 unspecified atom stereocenters. The van der Waals surface area contributed by atoms with Gasteiger partial charge in [0.25, 0.3) is 0 Å². The molecule has 3 N–H and O–H groups in total. The fourth-order valence-electron chi connectivity index (χ4n) is 2.11. The van der Waals surface area contributed by atoms with Crippen molar-refractivity contribution in [2.45, 2.75) is 17.9 Å². The van der Waals surface area contributed by atoms with Crippen LogP contribution in [0.1, 0.15) is 11.3 Å². The van der Waals surface area contributed by atoms with E-state index in [9.17, 15) is 8.42 Å². The number of thiophene rings is 1. The van der Waals surface area contributed by atoms with Crippen molar-refractivity contribution in [1.82, 2.24) is 9.62 Å². The Bertz CT molecular complexity index is 498. The molecule has 1 atom stereocenters. The molecule has 0 amide bonds. The maximum Gasteiger partial charge on any atom is 0.241 e. The van der Waals surface area contributed by atoms with Crippen LogP contribution < -0.4 is 10.5 Å². The Kier molecular flexibility index (Phi) is 4.39. The van der Waals surface area contributed by atoms with E-state index in [4.69, 9.17) is 5.73 Å². The molecule has 0 saturated carbocycles. The van der Waals surface area contributed by atoms with Crippen molar-refractivity contribution < 1.29 is 8.42 Å². The van der Waals surface area contributed by atoms with Crippen molar-refractivity contribution >= 4 is 21.4 Å². The molecular weight excluding hydrogens is 270 g/mol. The van der Waals surface area contributed by atoms with Gasteiger partial charge in [0.05, 0.1) is 4.90 Å². The first-order valence-corrected chi connectivity index (χ1v) is 8.33. The van der Waals surface area contributed by atoms with Crippen molar-refractivity contribution in [3.63, 3.8) is 0 Å². The lowest BCUT2D eigenvalue weighted by molar-refractivity contribution is 0.394. The molecule has 5 nitrogen and oxygen atoms in total. The van der Waals surface area contributed by atoms with Crippen molar-refractivity contribution in [2.75, 3.05) is 26.7 Å². The fraction of sp³-hybridized carbons (Fsp3) is 0.636. The molecule has 0 bridgehead atoms. The summed E-state index contributed by atoms with van der Waals surface area (Å²) in [6.07, 6.45) is 1.05. The summed E-state index contributed by atoms with van der Waals surface area (Å²) in [6.45, 7) is 2.90. The summed E-state index contributed by atoms with van der Waals surface area (Å²) in [5.74, 6) is 0.414. The molecule has 0 radical (unpaired) electrons. The maximum atomic E-state index is 12.0. The monoisotopic (exact) mass is 289 g/mol. The van der Waals surface area contributed by atoms with E-state index in [1.54, 1.807) is 11.4 Å². The second kappa shape index (κ2) is 5.66. The zero-order valence-corrected chi connectivity index (χ0v) is 12.1. The van der Waals surface area contributed by atoms with Gasteiger partial charge < -0.3 is 10.6 Å². The van der Waals surface area contributed by atoms with E-state index in [1.165, 1.54) is 11.3 Å². The van der Waals surface area contributed by atoms with Gasteiger partial charge in [-0.2, -0.15) is 0 Å². The molecule has 1 aliphatic heterocycles. The standard InChI is InChI=1S/C11H19N3O2S2/c1-14-3-2-9(7-14)6-13-18(15,16)11-4-10(5-12)17-8-11/h4,8-9,13H,2-3,5-7,12H2,1H3. The number of nitrogens with two attached hydrogens (primary N) is 1. The van der Waals surface area contributed by atoms with Crippen LogP contribution in [0.15, 0.2) is 16.3 Å². The molecule has 1 fully saturated rings. The van der Waals surface area contributed by atoms with Crippen LogP contribution in [-0.2, 0) is 16.6 Å². The van der Waals surface area contributed by atoms with Crippen LogP contribution >= 0.6 is 11.3 Å².